The molecule has 10 heteroatoms. The summed E-state index contributed by atoms with van der Waals surface area (Å²) < 4.78 is 34.4. The lowest BCUT2D eigenvalue weighted by atomic mass is 10.1. The normalized spacial score (nSPS) is 14.5. The molecule has 0 aromatic rings. The number of carbonyl (C=O) groups is 2. The second-order valence-electron chi connectivity index (χ2n) is 18.8. The minimum Gasteiger partial charge on any atom is -0.462 e. The molecule has 0 aliphatic heterocycles. The molecule has 0 amide bonds. The number of ether oxygens (including phenoxy) is 2. The van der Waals surface area contributed by atoms with E-state index in [-0.39, 0.29) is 26.1 Å². The van der Waals surface area contributed by atoms with Crippen LogP contribution in [0.5, 0.6) is 0 Å². The molecule has 0 radical (unpaired) electrons. The van der Waals surface area contributed by atoms with Gasteiger partial charge in [0.25, 0.3) is 0 Å². The van der Waals surface area contributed by atoms with E-state index in [2.05, 4.69) is 160 Å². The molecule has 72 heavy (non-hydrogen) atoms. The minimum atomic E-state index is -4.40. The first-order valence-electron chi connectivity index (χ1n) is 27.6. The number of allylic oxidation sites excluding steroid dienone is 24. The van der Waals surface area contributed by atoms with Crippen molar-refractivity contribution >= 4 is 19.8 Å². The van der Waals surface area contributed by atoms with Gasteiger partial charge in [0, 0.05) is 12.8 Å². The highest BCUT2D eigenvalue weighted by atomic mass is 31.2. The standard InChI is InChI=1S/C62H100NO8P/c1-6-8-10-12-14-16-18-20-22-23-24-25-26-27-28-29-30-31-32-33-34-35-36-37-38-39-41-43-45-47-49-51-53-55-62(65)71-60(59-70-72(66,67)69-57-56-63(3,4)5)58-68-61(64)54-52-50-48-46-44-42-40-21-19-17-15-13-11-9-7-2/h8-11,14-17,20-22,24-25,27-28,30-31,33-34,36-37,39-41,60H,6-7,12-13,18-19,23,26,29,32,35,38,42-59H2,1-5H3/p+1/b10-8-,11-9-,16-14-,17-15-,22-20-,25-24-,28-27-,31-30-,34-33-,37-36-,40-21-,41-39-. The molecule has 2 atom stereocenters. The quantitative estimate of drug-likeness (QED) is 0.0211. The molecule has 2 unspecified atom stereocenters. The number of hydrogen-bond acceptors (Lipinski definition) is 7. The van der Waals surface area contributed by atoms with Gasteiger partial charge in [0.05, 0.1) is 27.7 Å². The summed E-state index contributed by atoms with van der Waals surface area (Å²) in [5, 5.41) is 0. The Morgan fingerprint density at radius 1 is 0.431 bits per heavy atom. The maximum atomic E-state index is 12.8. The van der Waals surface area contributed by atoms with Gasteiger partial charge in [0.15, 0.2) is 6.10 Å². The molecular weight excluding hydrogens is 918 g/mol. The van der Waals surface area contributed by atoms with Gasteiger partial charge < -0.3 is 18.9 Å². The first-order valence-corrected chi connectivity index (χ1v) is 29.1. The molecule has 0 aliphatic carbocycles. The smallest absolute Gasteiger partial charge is 0.462 e. The van der Waals surface area contributed by atoms with Crippen LogP contribution in [0, 0.1) is 0 Å². The number of likely N-dealkylation sites (N-methyl/N-ethyl adjacent to an activating group) is 1. The van der Waals surface area contributed by atoms with Gasteiger partial charge in [-0.1, -0.05) is 198 Å². The second-order valence-corrected chi connectivity index (χ2v) is 20.3. The van der Waals surface area contributed by atoms with Gasteiger partial charge in [-0.2, -0.15) is 0 Å². The number of quaternary nitrogens is 1. The Labute approximate surface area is 440 Å². The van der Waals surface area contributed by atoms with Crippen molar-refractivity contribution in [3.63, 3.8) is 0 Å². The van der Waals surface area contributed by atoms with E-state index in [1.807, 2.05) is 21.1 Å². The molecule has 0 fully saturated rings. The summed E-state index contributed by atoms with van der Waals surface area (Å²) in [6.45, 7) is 4.13. The van der Waals surface area contributed by atoms with Crippen LogP contribution in [0.4, 0.5) is 0 Å². The predicted octanol–water partition coefficient (Wildman–Crippen LogP) is 17.1. The summed E-state index contributed by atoms with van der Waals surface area (Å²) >= 11 is 0. The number of carbonyl (C=O) groups excluding carboxylic acids is 2. The number of phosphoric acid groups is 1. The molecule has 0 heterocycles. The second kappa shape index (κ2) is 51.8. The van der Waals surface area contributed by atoms with E-state index in [0.717, 1.165) is 141 Å². The van der Waals surface area contributed by atoms with Crippen LogP contribution in [0.3, 0.4) is 0 Å². The van der Waals surface area contributed by atoms with Crippen molar-refractivity contribution in [2.45, 2.75) is 187 Å². The van der Waals surface area contributed by atoms with Gasteiger partial charge in [-0.05, 0) is 116 Å². The number of rotatable bonds is 48. The number of esters is 2. The summed E-state index contributed by atoms with van der Waals surface area (Å²) in [6.07, 6.45) is 76.3. The SMILES string of the molecule is CC/C=C\C/C=C\C/C=C\C/C=C\C/C=C\C/C=C\C/C=C\C/C=C\C/C=C\CCCCCCCC(=O)OC(COC(=O)CCCCCCC/C=C\C/C=C\C/C=C\CC)COP(=O)(O)OCC[N+](C)(C)C. The van der Waals surface area contributed by atoms with Crippen molar-refractivity contribution in [1.29, 1.82) is 0 Å². The Balaban J connectivity index is 4.28. The lowest BCUT2D eigenvalue weighted by Gasteiger charge is -2.24. The highest BCUT2D eigenvalue weighted by Gasteiger charge is 2.27. The van der Waals surface area contributed by atoms with Crippen molar-refractivity contribution in [1.82, 2.24) is 0 Å². The van der Waals surface area contributed by atoms with Crippen LogP contribution >= 0.6 is 7.82 Å². The van der Waals surface area contributed by atoms with Crippen LogP contribution in [0.1, 0.15) is 181 Å². The Bertz CT molecular complexity index is 1720. The van der Waals surface area contributed by atoms with Crippen molar-refractivity contribution in [2.24, 2.45) is 0 Å². The third kappa shape index (κ3) is 55.2. The van der Waals surface area contributed by atoms with Crippen LogP contribution in [-0.2, 0) is 32.7 Å². The average Bonchev–Trinajstić information content (AvgIpc) is 3.34. The van der Waals surface area contributed by atoms with E-state index in [1.54, 1.807) is 0 Å². The fourth-order valence-electron chi connectivity index (χ4n) is 6.67. The third-order valence-corrected chi connectivity index (χ3v) is 11.8. The minimum absolute atomic E-state index is 0.0157. The lowest BCUT2D eigenvalue weighted by molar-refractivity contribution is -0.870. The van der Waals surface area contributed by atoms with E-state index >= 15 is 0 Å². The van der Waals surface area contributed by atoms with Crippen molar-refractivity contribution in [3.8, 4) is 0 Å². The Kier molecular flexibility index (Phi) is 48.8. The Hall–Kier alpha value is -4.11. The van der Waals surface area contributed by atoms with E-state index in [1.165, 1.54) is 0 Å². The monoisotopic (exact) mass is 1020 g/mol. The van der Waals surface area contributed by atoms with Gasteiger partial charge in [-0.15, -0.1) is 0 Å². The number of phosphoric ester groups is 1. The largest absolute Gasteiger partial charge is 0.472 e. The molecule has 0 aromatic heterocycles. The zero-order valence-corrected chi connectivity index (χ0v) is 46.7. The van der Waals surface area contributed by atoms with E-state index in [9.17, 15) is 19.0 Å². The molecule has 0 aromatic carbocycles. The molecule has 0 bridgehead atoms. The lowest BCUT2D eigenvalue weighted by Crippen LogP contribution is -2.37. The number of hydrogen-bond donors (Lipinski definition) is 1. The van der Waals surface area contributed by atoms with Crippen LogP contribution in [0.15, 0.2) is 146 Å². The van der Waals surface area contributed by atoms with Crippen molar-refractivity contribution in [2.75, 3.05) is 47.5 Å². The predicted molar refractivity (Wildman–Crippen MR) is 307 cm³/mol. The van der Waals surface area contributed by atoms with Crippen LogP contribution in [0.25, 0.3) is 0 Å². The van der Waals surface area contributed by atoms with Crippen LogP contribution in [0.2, 0.25) is 0 Å². The van der Waals surface area contributed by atoms with E-state index in [4.69, 9.17) is 18.5 Å². The molecule has 406 valence electrons. The van der Waals surface area contributed by atoms with E-state index < -0.39 is 32.5 Å². The summed E-state index contributed by atoms with van der Waals surface area (Å²) in [5.41, 5.74) is 0. The fourth-order valence-corrected chi connectivity index (χ4v) is 7.41. The first-order chi connectivity index (χ1) is 35.0. The van der Waals surface area contributed by atoms with Gasteiger partial charge >= 0.3 is 19.8 Å². The summed E-state index contributed by atoms with van der Waals surface area (Å²) in [5.74, 6) is -0.854. The maximum Gasteiger partial charge on any atom is 0.472 e. The zero-order valence-electron chi connectivity index (χ0n) is 45.8. The summed E-state index contributed by atoms with van der Waals surface area (Å²) in [6, 6.07) is 0. The maximum absolute atomic E-state index is 12.8. The Morgan fingerprint density at radius 3 is 1.11 bits per heavy atom. The summed E-state index contributed by atoms with van der Waals surface area (Å²) in [4.78, 5) is 35.6. The molecular formula is C62H101NO8P+. The molecule has 0 rings (SSSR count). The first kappa shape index (κ1) is 67.9. The number of nitrogens with zero attached hydrogens (tertiary/aromatic N) is 1. The summed E-state index contributed by atoms with van der Waals surface area (Å²) in [7, 11) is 1.43. The molecule has 0 saturated carbocycles. The van der Waals surface area contributed by atoms with Crippen molar-refractivity contribution in [3.05, 3.63) is 146 Å². The van der Waals surface area contributed by atoms with Gasteiger partial charge in [0.1, 0.15) is 19.8 Å². The Morgan fingerprint density at radius 2 is 0.750 bits per heavy atom. The van der Waals surface area contributed by atoms with E-state index in [0.29, 0.717) is 23.9 Å². The van der Waals surface area contributed by atoms with Gasteiger partial charge in [-0.25, -0.2) is 4.57 Å². The highest BCUT2D eigenvalue weighted by Crippen LogP contribution is 2.43. The van der Waals surface area contributed by atoms with Crippen LogP contribution < -0.4 is 0 Å². The highest BCUT2D eigenvalue weighted by molar-refractivity contribution is 7.47. The fraction of sp³-hybridized carbons (Fsp3) is 0.581. The molecule has 0 saturated heterocycles. The topological polar surface area (TPSA) is 108 Å². The third-order valence-electron chi connectivity index (χ3n) is 10.9. The molecule has 9 nitrogen and oxygen atoms in total. The molecule has 0 aliphatic rings. The zero-order chi connectivity index (χ0) is 52.7. The molecule has 1 N–H and O–H groups in total. The number of unbranched alkanes of at least 4 members (excludes halogenated alkanes) is 10. The van der Waals surface area contributed by atoms with Gasteiger partial charge in [-0.3, -0.25) is 18.6 Å². The van der Waals surface area contributed by atoms with Crippen LogP contribution in [-0.4, -0.2) is 74.9 Å². The molecule has 0 spiro atoms. The average molecular weight is 1020 g/mol. The van der Waals surface area contributed by atoms with Crippen molar-refractivity contribution < 1.29 is 42.1 Å². The van der Waals surface area contributed by atoms with Gasteiger partial charge in [0.2, 0.25) is 0 Å².